The van der Waals surface area contributed by atoms with Crippen LogP contribution in [0.25, 0.3) is 0 Å². The Hall–Kier alpha value is -1.40. The fourth-order valence-electron chi connectivity index (χ4n) is 3.04. The quantitative estimate of drug-likeness (QED) is 0.857. The number of rotatable bonds is 6. The predicted molar refractivity (Wildman–Crippen MR) is 93.2 cm³/mol. The van der Waals surface area contributed by atoms with E-state index in [0.717, 1.165) is 44.1 Å². The topological polar surface area (TPSA) is 66.5 Å². The summed E-state index contributed by atoms with van der Waals surface area (Å²) in [5.74, 6) is 0.0822. The number of sulfonamides is 1. The molecule has 0 atom stereocenters. The van der Waals surface area contributed by atoms with E-state index in [-0.39, 0.29) is 5.91 Å². The highest BCUT2D eigenvalue weighted by atomic mass is 32.2. The fraction of sp³-hybridized carbons (Fsp3) is 0.611. The molecule has 0 radical (unpaired) electrons. The summed E-state index contributed by atoms with van der Waals surface area (Å²) in [5.41, 5.74) is 0.996. The van der Waals surface area contributed by atoms with Crippen LogP contribution in [0.3, 0.4) is 0 Å². The van der Waals surface area contributed by atoms with Gasteiger partial charge in [0.05, 0.1) is 4.90 Å². The molecule has 1 aromatic rings. The average molecular weight is 350 g/mol. The van der Waals surface area contributed by atoms with Crippen LogP contribution in [-0.4, -0.2) is 37.8 Å². The van der Waals surface area contributed by atoms with Crippen LogP contribution in [0.2, 0.25) is 0 Å². The van der Waals surface area contributed by atoms with Crippen LogP contribution in [0.1, 0.15) is 50.5 Å². The molecule has 1 aliphatic heterocycles. The highest BCUT2D eigenvalue weighted by molar-refractivity contribution is 7.89. The second-order valence-electron chi connectivity index (χ2n) is 6.80. The van der Waals surface area contributed by atoms with E-state index in [1.54, 1.807) is 16.4 Å². The van der Waals surface area contributed by atoms with E-state index in [2.05, 4.69) is 5.32 Å². The number of hydrogen-bond donors (Lipinski definition) is 1. The van der Waals surface area contributed by atoms with Crippen molar-refractivity contribution < 1.29 is 13.2 Å². The zero-order valence-electron chi connectivity index (χ0n) is 14.0. The summed E-state index contributed by atoms with van der Waals surface area (Å²) >= 11 is 0. The van der Waals surface area contributed by atoms with Crippen LogP contribution < -0.4 is 5.32 Å². The lowest BCUT2D eigenvalue weighted by Gasteiger charge is -2.20. The van der Waals surface area contributed by atoms with Crippen LogP contribution in [0, 0.1) is 0 Å². The second kappa shape index (κ2) is 7.66. The number of aryl methyl sites for hydroxylation is 1. The molecule has 1 saturated heterocycles. The Bertz CT molecular complexity index is 658. The minimum absolute atomic E-state index is 0.0822. The number of hydrogen-bond acceptors (Lipinski definition) is 3. The van der Waals surface area contributed by atoms with Crippen LogP contribution in [0.4, 0.5) is 0 Å². The van der Waals surface area contributed by atoms with Crippen LogP contribution in [-0.2, 0) is 21.2 Å². The Morgan fingerprint density at radius 2 is 1.67 bits per heavy atom. The fourth-order valence-corrected chi connectivity index (χ4v) is 4.56. The molecular weight excluding hydrogens is 324 g/mol. The Labute approximate surface area is 144 Å². The zero-order chi connectivity index (χ0) is 17.0. The summed E-state index contributed by atoms with van der Waals surface area (Å²) in [5, 5.41) is 2.97. The molecule has 1 heterocycles. The number of carbonyl (C=O) groups excluding carboxylic acids is 1. The molecule has 2 fully saturated rings. The highest BCUT2D eigenvalue weighted by Gasteiger charge is 2.25. The molecule has 6 heteroatoms. The van der Waals surface area contributed by atoms with E-state index in [1.165, 1.54) is 0 Å². The van der Waals surface area contributed by atoms with Crippen molar-refractivity contribution in [2.75, 3.05) is 13.1 Å². The number of carbonyl (C=O) groups is 1. The monoisotopic (exact) mass is 350 g/mol. The molecule has 0 bridgehead atoms. The predicted octanol–water partition coefficient (Wildman–Crippen LogP) is 2.46. The molecule has 1 N–H and O–H groups in total. The molecule has 0 aromatic heterocycles. The first-order valence-electron chi connectivity index (χ1n) is 8.94. The van der Waals surface area contributed by atoms with Crippen molar-refractivity contribution in [1.29, 1.82) is 0 Å². The molecule has 1 aromatic carbocycles. The summed E-state index contributed by atoms with van der Waals surface area (Å²) in [6.07, 6.45) is 7.36. The van der Waals surface area contributed by atoms with Crippen molar-refractivity contribution in [2.45, 2.75) is 62.3 Å². The third kappa shape index (κ3) is 4.57. The summed E-state index contributed by atoms with van der Waals surface area (Å²) in [4.78, 5) is 12.1. The summed E-state index contributed by atoms with van der Waals surface area (Å²) in [7, 11) is -3.39. The molecule has 1 amide bonds. The first-order chi connectivity index (χ1) is 11.6. The standard InChI is InChI=1S/C18H26N2O3S/c21-18(19-16-8-9-16)12-7-15-5-10-17(11-6-15)24(22,23)20-13-3-1-2-4-14-20/h5-6,10-11,16H,1-4,7-9,12-14H2,(H,19,21). The van der Waals surface area contributed by atoms with Gasteiger partial charge < -0.3 is 5.32 Å². The zero-order valence-corrected chi connectivity index (χ0v) is 14.9. The van der Waals surface area contributed by atoms with Crippen LogP contribution in [0.5, 0.6) is 0 Å². The lowest BCUT2D eigenvalue weighted by molar-refractivity contribution is -0.121. The number of benzene rings is 1. The van der Waals surface area contributed by atoms with E-state index in [1.807, 2.05) is 12.1 Å². The van der Waals surface area contributed by atoms with Gasteiger partial charge in [-0.15, -0.1) is 0 Å². The SMILES string of the molecule is O=C(CCc1ccc(S(=O)(=O)N2CCCCCC2)cc1)NC1CC1. The Morgan fingerprint density at radius 3 is 2.25 bits per heavy atom. The van der Waals surface area contributed by atoms with E-state index in [0.29, 0.717) is 36.9 Å². The molecule has 132 valence electrons. The van der Waals surface area contributed by atoms with Gasteiger partial charge in [-0.2, -0.15) is 4.31 Å². The highest BCUT2D eigenvalue weighted by Crippen LogP contribution is 2.21. The maximum atomic E-state index is 12.7. The summed E-state index contributed by atoms with van der Waals surface area (Å²) < 4.78 is 27.0. The molecule has 0 spiro atoms. The molecule has 2 aliphatic rings. The third-order valence-corrected chi connectivity index (χ3v) is 6.62. The van der Waals surface area contributed by atoms with Crippen molar-refractivity contribution in [3.8, 4) is 0 Å². The minimum atomic E-state index is -3.39. The Balaban J connectivity index is 1.59. The lowest BCUT2D eigenvalue weighted by atomic mass is 10.1. The average Bonchev–Trinajstić information content (AvgIpc) is 3.40. The molecular formula is C18H26N2O3S. The minimum Gasteiger partial charge on any atom is -0.353 e. The summed E-state index contributed by atoms with van der Waals surface area (Å²) in [6.45, 7) is 1.23. The van der Waals surface area contributed by atoms with Gasteiger partial charge in [0.2, 0.25) is 15.9 Å². The molecule has 1 saturated carbocycles. The number of nitrogens with one attached hydrogen (secondary N) is 1. The first kappa shape index (κ1) is 17.4. The first-order valence-corrected chi connectivity index (χ1v) is 10.4. The molecule has 3 rings (SSSR count). The van der Waals surface area contributed by atoms with Gasteiger partial charge in [0.1, 0.15) is 0 Å². The smallest absolute Gasteiger partial charge is 0.243 e. The largest absolute Gasteiger partial charge is 0.353 e. The second-order valence-corrected chi connectivity index (χ2v) is 8.74. The Kier molecular flexibility index (Phi) is 5.56. The van der Waals surface area contributed by atoms with Crippen molar-refractivity contribution in [3.05, 3.63) is 29.8 Å². The van der Waals surface area contributed by atoms with Gasteiger partial charge in [-0.25, -0.2) is 8.42 Å². The molecule has 1 aliphatic carbocycles. The van der Waals surface area contributed by atoms with Crippen LogP contribution >= 0.6 is 0 Å². The van der Waals surface area contributed by atoms with Gasteiger partial charge in [-0.1, -0.05) is 25.0 Å². The third-order valence-electron chi connectivity index (χ3n) is 4.71. The summed E-state index contributed by atoms with van der Waals surface area (Å²) in [6, 6.07) is 7.39. The van der Waals surface area contributed by atoms with Gasteiger partial charge in [0, 0.05) is 25.6 Å². The van der Waals surface area contributed by atoms with Crippen molar-refractivity contribution >= 4 is 15.9 Å². The molecule has 0 unspecified atom stereocenters. The number of amides is 1. The molecule has 5 nitrogen and oxygen atoms in total. The van der Waals surface area contributed by atoms with Crippen LogP contribution in [0.15, 0.2) is 29.2 Å². The van der Waals surface area contributed by atoms with E-state index < -0.39 is 10.0 Å². The van der Waals surface area contributed by atoms with Crippen molar-refractivity contribution in [2.24, 2.45) is 0 Å². The van der Waals surface area contributed by atoms with Gasteiger partial charge in [0.15, 0.2) is 0 Å². The van der Waals surface area contributed by atoms with Crippen molar-refractivity contribution in [1.82, 2.24) is 9.62 Å². The normalized spacial score (nSPS) is 19.7. The number of nitrogens with zero attached hydrogens (tertiary/aromatic N) is 1. The van der Waals surface area contributed by atoms with Gasteiger partial charge in [-0.05, 0) is 49.8 Å². The van der Waals surface area contributed by atoms with E-state index >= 15 is 0 Å². The maximum Gasteiger partial charge on any atom is 0.243 e. The molecule has 24 heavy (non-hydrogen) atoms. The lowest BCUT2D eigenvalue weighted by Crippen LogP contribution is -2.31. The van der Waals surface area contributed by atoms with Crippen molar-refractivity contribution in [3.63, 3.8) is 0 Å². The maximum absolute atomic E-state index is 12.7. The van der Waals surface area contributed by atoms with Gasteiger partial charge in [0.25, 0.3) is 0 Å². The van der Waals surface area contributed by atoms with E-state index in [4.69, 9.17) is 0 Å². The van der Waals surface area contributed by atoms with Gasteiger partial charge in [-0.3, -0.25) is 4.79 Å². The van der Waals surface area contributed by atoms with E-state index in [9.17, 15) is 13.2 Å². The van der Waals surface area contributed by atoms with Gasteiger partial charge >= 0.3 is 0 Å². The Morgan fingerprint density at radius 1 is 1.04 bits per heavy atom.